The zero-order valence-corrected chi connectivity index (χ0v) is 28.3. The van der Waals surface area contributed by atoms with Gasteiger partial charge in [-0.05, 0) is 48.9 Å². The largest absolute Gasteiger partial charge is 0.457 e. The van der Waals surface area contributed by atoms with E-state index in [1.807, 2.05) is 73.7 Å². The highest BCUT2D eigenvalue weighted by Crippen LogP contribution is 2.35. The van der Waals surface area contributed by atoms with Crippen LogP contribution in [0.5, 0.6) is 11.5 Å². The maximum absolute atomic E-state index is 13.3. The van der Waals surface area contributed by atoms with E-state index in [0.717, 1.165) is 27.7 Å². The zero-order valence-electron chi connectivity index (χ0n) is 27.6. The molecule has 11 heteroatoms. The number of nitrogens with zero attached hydrogens (tertiary/aromatic N) is 4. The molecule has 10 nitrogen and oxygen atoms in total. The van der Waals surface area contributed by atoms with E-state index >= 15 is 0 Å². The van der Waals surface area contributed by atoms with Gasteiger partial charge in [-0.1, -0.05) is 62.7 Å². The van der Waals surface area contributed by atoms with Gasteiger partial charge in [0, 0.05) is 55.5 Å². The van der Waals surface area contributed by atoms with Crippen LogP contribution in [0.1, 0.15) is 44.6 Å². The van der Waals surface area contributed by atoms with Crippen LogP contribution >= 0.6 is 11.6 Å². The van der Waals surface area contributed by atoms with E-state index in [1.165, 1.54) is 11.8 Å². The predicted molar refractivity (Wildman–Crippen MR) is 187 cm³/mol. The van der Waals surface area contributed by atoms with Crippen LogP contribution < -0.4 is 15.4 Å². The molecule has 0 spiro atoms. The molecule has 0 saturated carbocycles. The second-order valence-corrected chi connectivity index (χ2v) is 12.7. The number of carbonyl (C=O) groups is 3. The van der Waals surface area contributed by atoms with Gasteiger partial charge in [0.2, 0.25) is 11.1 Å². The molecule has 5 rings (SSSR count). The normalized spacial score (nSPS) is 10.9. The Balaban J connectivity index is 0.00000118. The van der Waals surface area contributed by atoms with Crippen molar-refractivity contribution in [2.45, 2.75) is 46.5 Å². The number of nitrogens with one attached hydrogen (secondary N) is 2. The average Bonchev–Trinajstić information content (AvgIpc) is 3.43. The standard InChI is InChI=1S/C34H36N6O3.C2H3ClO/c1-22-11-13-24(14-12-22)40-31(21-30(38-40)34(2,3)4)37-33(42)36-28-15-16-29(27-10-8-7-9-26(27)28)43-25-17-18-35-23(19-25)20-32(41)39(5)6;1-2(3)4/h7-19,21H,20H2,1-6H3,(H2,36,37,42);1H3. The maximum atomic E-state index is 13.3. The maximum Gasteiger partial charge on any atom is 0.324 e. The molecule has 0 bridgehead atoms. The Hall–Kier alpha value is -5.22. The zero-order chi connectivity index (χ0) is 34.3. The summed E-state index contributed by atoms with van der Waals surface area (Å²) in [6.07, 6.45) is 1.81. The summed E-state index contributed by atoms with van der Waals surface area (Å²) in [6, 6.07) is 24.4. The van der Waals surface area contributed by atoms with Crippen molar-refractivity contribution in [3.63, 3.8) is 0 Å². The molecule has 244 valence electrons. The molecule has 2 heterocycles. The molecular weight excluding hydrogens is 616 g/mol. The summed E-state index contributed by atoms with van der Waals surface area (Å²) < 4.78 is 7.99. The fraction of sp³-hybridized carbons (Fsp3) is 0.250. The summed E-state index contributed by atoms with van der Waals surface area (Å²) >= 11 is 4.64. The number of urea groups is 1. The van der Waals surface area contributed by atoms with Gasteiger partial charge in [-0.15, -0.1) is 0 Å². The number of hydrogen-bond donors (Lipinski definition) is 2. The minimum absolute atomic E-state index is 0.0413. The molecule has 0 saturated heterocycles. The van der Waals surface area contributed by atoms with Gasteiger partial charge in [-0.3, -0.25) is 19.9 Å². The van der Waals surface area contributed by atoms with Crippen LogP contribution in [0.25, 0.3) is 16.5 Å². The third-order valence-electron chi connectivity index (χ3n) is 6.98. The van der Waals surface area contributed by atoms with Crippen molar-refractivity contribution in [2.75, 3.05) is 24.7 Å². The van der Waals surface area contributed by atoms with Gasteiger partial charge in [0.25, 0.3) is 0 Å². The molecule has 0 fully saturated rings. The van der Waals surface area contributed by atoms with Crippen molar-refractivity contribution in [3.05, 3.63) is 102 Å². The van der Waals surface area contributed by atoms with Crippen molar-refractivity contribution in [1.82, 2.24) is 19.7 Å². The van der Waals surface area contributed by atoms with Crippen molar-refractivity contribution in [2.24, 2.45) is 0 Å². The molecule has 2 N–H and O–H groups in total. The van der Waals surface area contributed by atoms with Gasteiger partial charge in [0.05, 0.1) is 29.2 Å². The number of aryl methyl sites for hydroxylation is 1. The first-order valence-electron chi connectivity index (χ1n) is 15.0. The Bertz CT molecular complexity index is 1890. The first kappa shape index (κ1) is 34.6. The smallest absolute Gasteiger partial charge is 0.324 e. The van der Waals surface area contributed by atoms with E-state index in [-0.39, 0.29) is 23.0 Å². The van der Waals surface area contributed by atoms with E-state index < -0.39 is 6.03 Å². The highest BCUT2D eigenvalue weighted by atomic mass is 35.5. The molecule has 0 atom stereocenters. The number of fused-ring (bicyclic) bond motifs is 1. The van der Waals surface area contributed by atoms with Crippen molar-refractivity contribution >= 4 is 51.1 Å². The fourth-order valence-corrected chi connectivity index (χ4v) is 4.51. The van der Waals surface area contributed by atoms with Gasteiger partial charge in [0.1, 0.15) is 17.3 Å². The number of rotatable bonds is 7. The summed E-state index contributed by atoms with van der Waals surface area (Å²) in [4.78, 5) is 40.5. The van der Waals surface area contributed by atoms with Crippen molar-refractivity contribution in [1.29, 1.82) is 0 Å². The third-order valence-corrected chi connectivity index (χ3v) is 6.98. The number of amides is 3. The van der Waals surface area contributed by atoms with Crippen LogP contribution in [0.3, 0.4) is 0 Å². The number of carbonyl (C=O) groups excluding carboxylic acids is 3. The van der Waals surface area contributed by atoms with E-state index in [2.05, 4.69) is 48.0 Å². The molecule has 0 aliphatic carbocycles. The predicted octanol–water partition coefficient (Wildman–Crippen LogP) is 7.87. The SMILES string of the molecule is CC(=O)Cl.Cc1ccc(-n2nc(C(C)(C)C)cc2NC(=O)Nc2ccc(Oc3ccnc(CC(=O)N(C)C)c3)c3ccccc23)cc1. The second-order valence-electron chi connectivity index (χ2n) is 12.2. The van der Waals surface area contributed by atoms with Gasteiger partial charge >= 0.3 is 6.03 Å². The highest BCUT2D eigenvalue weighted by molar-refractivity contribution is 6.62. The van der Waals surface area contributed by atoms with E-state index in [9.17, 15) is 14.4 Å². The number of aromatic nitrogens is 3. The molecule has 0 aliphatic rings. The summed E-state index contributed by atoms with van der Waals surface area (Å²) in [7, 11) is 3.43. The monoisotopic (exact) mass is 654 g/mol. The molecule has 0 aliphatic heterocycles. The Labute approximate surface area is 279 Å². The number of pyridine rings is 1. The third kappa shape index (κ3) is 9.40. The summed E-state index contributed by atoms with van der Waals surface area (Å²) in [5.41, 5.74) is 3.91. The van der Waals surface area contributed by atoms with Crippen molar-refractivity contribution < 1.29 is 19.1 Å². The fourth-order valence-electron chi connectivity index (χ4n) is 4.51. The lowest BCUT2D eigenvalue weighted by Gasteiger charge is -2.15. The first-order chi connectivity index (χ1) is 22.2. The molecule has 0 radical (unpaired) electrons. The molecular formula is C36H39ClN6O4. The molecule has 2 aromatic heterocycles. The number of ether oxygens (including phenoxy) is 1. The minimum Gasteiger partial charge on any atom is -0.457 e. The van der Waals surface area contributed by atoms with Gasteiger partial charge in [-0.2, -0.15) is 5.10 Å². The summed E-state index contributed by atoms with van der Waals surface area (Å²) in [5.74, 6) is 1.71. The van der Waals surface area contributed by atoms with Gasteiger partial charge in [0.15, 0.2) is 0 Å². The molecule has 3 aromatic carbocycles. The first-order valence-corrected chi connectivity index (χ1v) is 15.4. The highest BCUT2D eigenvalue weighted by Gasteiger charge is 2.22. The van der Waals surface area contributed by atoms with Crippen LogP contribution in [0, 0.1) is 6.92 Å². The number of anilines is 2. The number of halogens is 1. The van der Waals surface area contributed by atoms with Gasteiger partial charge < -0.3 is 15.0 Å². The Morgan fingerprint density at radius 1 is 0.915 bits per heavy atom. The van der Waals surface area contributed by atoms with Crippen molar-refractivity contribution in [3.8, 4) is 17.2 Å². The Kier molecular flexibility index (Phi) is 11.0. The molecule has 0 unspecified atom stereocenters. The minimum atomic E-state index is -0.392. The molecule has 5 aromatic rings. The quantitative estimate of drug-likeness (QED) is 0.173. The summed E-state index contributed by atoms with van der Waals surface area (Å²) in [6.45, 7) is 9.59. The summed E-state index contributed by atoms with van der Waals surface area (Å²) in [5, 5.41) is 12.1. The molecule has 47 heavy (non-hydrogen) atoms. The van der Waals surface area contributed by atoms with Gasteiger partial charge in [-0.25, -0.2) is 9.48 Å². The Morgan fingerprint density at radius 3 is 2.21 bits per heavy atom. The van der Waals surface area contributed by atoms with E-state index in [0.29, 0.717) is 28.7 Å². The number of likely N-dealkylation sites (N-methyl/N-ethyl adjacent to an activating group) is 1. The van der Waals surface area contributed by atoms with Crippen LogP contribution in [0.15, 0.2) is 85.1 Å². The van der Waals surface area contributed by atoms with Crippen LogP contribution in [0.4, 0.5) is 16.3 Å². The van der Waals surface area contributed by atoms with Crippen LogP contribution in [0.2, 0.25) is 0 Å². The molecule has 3 amide bonds. The second kappa shape index (κ2) is 14.9. The lowest BCUT2D eigenvalue weighted by atomic mass is 9.92. The average molecular weight is 655 g/mol. The lowest BCUT2D eigenvalue weighted by Crippen LogP contribution is -2.23. The van der Waals surface area contributed by atoms with E-state index in [1.54, 1.807) is 37.1 Å². The number of benzene rings is 3. The van der Waals surface area contributed by atoms with Crippen LogP contribution in [-0.2, 0) is 21.4 Å². The van der Waals surface area contributed by atoms with E-state index in [4.69, 9.17) is 9.84 Å². The lowest BCUT2D eigenvalue weighted by molar-refractivity contribution is -0.128. The van der Waals surface area contributed by atoms with Crippen LogP contribution in [-0.4, -0.2) is 50.9 Å². The number of hydrogen-bond acceptors (Lipinski definition) is 6. The Morgan fingerprint density at radius 2 is 1.57 bits per heavy atom. The topological polar surface area (TPSA) is 118 Å².